The molecule has 1 heterocycles. The van der Waals surface area contributed by atoms with Crippen molar-refractivity contribution >= 4 is 10.2 Å². The zero-order valence-corrected chi connectivity index (χ0v) is 16.3. The van der Waals surface area contributed by atoms with Crippen molar-refractivity contribution in [1.82, 2.24) is 0 Å². The van der Waals surface area contributed by atoms with Gasteiger partial charge in [0.15, 0.2) is 0 Å². The first-order valence-corrected chi connectivity index (χ1v) is 10.1. The number of ether oxygens (including phenoxy) is 1. The molecule has 0 amide bonds. The number of hydrogen-bond donors (Lipinski definition) is 0. The maximum absolute atomic E-state index is 6.65. The monoisotopic (exact) mass is 329 g/mol. The number of rotatable bonds is 9. The van der Waals surface area contributed by atoms with Gasteiger partial charge in [0.25, 0.3) is 0 Å². The molecule has 1 aliphatic heterocycles. The molecule has 23 heavy (non-hydrogen) atoms. The molecule has 1 nitrogen and oxygen atoms in total. The van der Waals surface area contributed by atoms with Crippen LogP contribution in [0.1, 0.15) is 84.1 Å². The SMILES string of the molecule is CCCCC1(CCCC)Cc2ccccc2OC1([Si])CCCC. The molecule has 0 aliphatic carbocycles. The summed E-state index contributed by atoms with van der Waals surface area (Å²) < 4.78 is 6.65. The Morgan fingerprint density at radius 2 is 1.48 bits per heavy atom. The van der Waals surface area contributed by atoms with Crippen LogP contribution in [0.2, 0.25) is 0 Å². The molecule has 1 atom stereocenters. The van der Waals surface area contributed by atoms with Gasteiger partial charge in [-0.2, -0.15) is 0 Å². The van der Waals surface area contributed by atoms with Crippen molar-refractivity contribution in [3.8, 4) is 5.75 Å². The molecule has 0 bridgehead atoms. The Labute approximate surface area is 146 Å². The van der Waals surface area contributed by atoms with Crippen LogP contribution in [0.4, 0.5) is 0 Å². The molecule has 3 radical (unpaired) electrons. The molecular weight excluding hydrogens is 296 g/mol. The highest BCUT2D eigenvalue weighted by atomic mass is 28.1. The second-order valence-corrected chi connectivity index (χ2v) is 8.11. The van der Waals surface area contributed by atoms with E-state index in [0.717, 1.165) is 18.6 Å². The standard InChI is InChI=1S/C21H33OSi/c1-4-7-14-20(15-8-5-2)17-18-12-10-11-13-19(18)22-21(20,23)16-9-6-3/h10-13H,4-9,14-17H2,1-3H3. The smallest absolute Gasteiger partial charge is 0.122 e. The van der Waals surface area contributed by atoms with Crippen LogP contribution in [-0.2, 0) is 6.42 Å². The lowest BCUT2D eigenvalue weighted by Gasteiger charge is -2.53. The van der Waals surface area contributed by atoms with Crippen LogP contribution in [0.5, 0.6) is 5.75 Å². The molecule has 0 N–H and O–H groups in total. The molecule has 0 saturated heterocycles. The van der Waals surface area contributed by atoms with Gasteiger partial charge in [-0.15, -0.1) is 0 Å². The Hall–Kier alpha value is -0.763. The highest BCUT2D eigenvalue weighted by Crippen LogP contribution is 2.52. The van der Waals surface area contributed by atoms with E-state index >= 15 is 0 Å². The molecule has 1 aromatic rings. The van der Waals surface area contributed by atoms with Gasteiger partial charge in [-0.05, 0) is 37.3 Å². The van der Waals surface area contributed by atoms with Gasteiger partial charge in [-0.3, -0.25) is 0 Å². The third-order valence-electron chi connectivity index (χ3n) is 5.54. The van der Waals surface area contributed by atoms with Crippen molar-refractivity contribution < 1.29 is 4.74 Å². The van der Waals surface area contributed by atoms with Gasteiger partial charge in [0, 0.05) is 5.41 Å². The average molecular weight is 330 g/mol. The molecule has 2 rings (SSSR count). The largest absolute Gasteiger partial charge is 0.491 e. The first-order valence-electron chi connectivity index (χ1n) is 9.62. The highest BCUT2D eigenvalue weighted by Gasteiger charge is 2.51. The Bertz CT molecular complexity index is 476. The maximum Gasteiger partial charge on any atom is 0.122 e. The fraction of sp³-hybridized carbons (Fsp3) is 0.714. The first-order chi connectivity index (χ1) is 11.1. The van der Waals surface area contributed by atoms with Crippen LogP contribution in [-0.4, -0.2) is 15.5 Å². The van der Waals surface area contributed by atoms with Crippen molar-refractivity contribution in [3.63, 3.8) is 0 Å². The van der Waals surface area contributed by atoms with E-state index < -0.39 is 0 Å². The van der Waals surface area contributed by atoms with Gasteiger partial charge in [0.1, 0.15) is 5.75 Å². The summed E-state index contributed by atoms with van der Waals surface area (Å²) in [7, 11) is 4.19. The van der Waals surface area contributed by atoms with E-state index in [0.29, 0.717) is 0 Å². The lowest BCUT2D eigenvalue weighted by molar-refractivity contribution is -0.0338. The molecule has 1 unspecified atom stereocenters. The van der Waals surface area contributed by atoms with Crippen LogP contribution in [0, 0.1) is 5.41 Å². The van der Waals surface area contributed by atoms with Gasteiger partial charge < -0.3 is 4.74 Å². The molecule has 0 saturated carbocycles. The Balaban J connectivity index is 2.38. The lowest BCUT2D eigenvalue weighted by Crippen LogP contribution is -2.57. The van der Waals surface area contributed by atoms with E-state index in [9.17, 15) is 0 Å². The quantitative estimate of drug-likeness (QED) is 0.502. The number of unbranched alkanes of at least 4 members (excludes halogenated alkanes) is 3. The topological polar surface area (TPSA) is 9.23 Å². The minimum atomic E-state index is -0.207. The van der Waals surface area contributed by atoms with E-state index in [1.165, 1.54) is 56.9 Å². The predicted octanol–water partition coefficient (Wildman–Crippen LogP) is 6.04. The minimum absolute atomic E-state index is 0.207. The summed E-state index contributed by atoms with van der Waals surface area (Å²) in [4.78, 5) is 0. The number of benzene rings is 1. The summed E-state index contributed by atoms with van der Waals surface area (Å²) in [6.07, 6.45) is 12.3. The summed E-state index contributed by atoms with van der Waals surface area (Å²) in [6, 6.07) is 8.64. The molecular formula is C21H33OSi. The fourth-order valence-corrected chi connectivity index (χ4v) is 4.66. The molecule has 0 fully saturated rings. The first kappa shape index (κ1) is 18.6. The Morgan fingerprint density at radius 1 is 0.913 bits per heavy atom. The van der Waals surface area contributed by atoms with Gasteiger partial charge in [-0.1, -0.05) is 77.5 Å². The van der Waals surface area contributed by atoms with Crippen LogP contribution < -0.4 is 4.74 Å². The van der Waals surface area contributed by atoms with E-state index in [2.05, 4.69) is 55.3 Å². The zero-order valence-electron chi connectivity index (χ0n) is 15.3. The van der Waals surface area contributed by atoms with Gasteiger partial charge in [-0.25, -0.2) is 0 Å². The van der Waals surface area contributed by atoms with Gasteiger partial charge in [0.05, 0.1) is 15.5 Å². The minimum Gasteiger partial charge on any atom is -0.491 e. The molecule has 127 valence electrons. The van der Waals surface area contributed by atoms with E-state index in [1.807, 2.05) is 0 Å². The summed E-state index contributed by atoms with van der Waals surface area (Å²) in [5.41, 5.74) is 1.62. The van der Waals surface area contributed by atoms with Crippen LogP contribution in [0.15, 0.2) is 24.3 Å². The average Bonchev–Trinajstić information content (AvgIpc) is 2.57. The Kier molecular flexibility index (Phi) is 6.76. The zero-order chi connectivity index (χ0) is 16.8. The van der Waals surface area contributed by atoms with E-state index in [1.54, 1.807) is 0 Å². The highest BCUT2D eigenvalue weighted by molar-refractivity contribution is 6.15. The third kappa shape index (κ3) is 4.02. The number of hydrogen-bond acceptors (Lipinski definition) is 1. The van der Waals surface area contributed by atoms with Gasteiger partial charge in [0.2, 0.25) is 0 Å². The second kappa shape index (κ2) is 8.37. The molecule has 2 heteroatoms. The van der Waals surface area contributed by atoms with E-state index in [-0.39, 0.29) is 10.6 Å². The molecule has 0 aromatic heterocycles. The summed E-state index contributed by atoms with van der Waals surface area (Å²) >= 11 is 0. The third-order valence-corrected chi connectivity index (χ3v) is 6.42. The molecule has 0 spiro atoms. The summed E-state index contributed by atoms with van der Waals surface area (Å²) in [5.74, 6) is 1.09. The Morgan fingerprint density at radius 3 is 2.09 bits per heavy atom. The van der Waals surface area contributed by atoms with Crippen molar-refractivity contribution in [2.75, 3.05) is 0 Å². The lowest BCUT2D eigenvalue weighted by atomic mass is 9.66. The number of fused-ring (bicyclic) bond motifs is 1. The second-order valence-electron chi connectivity index (χ2n) is 7.30. The maximum atomic E-state index is 6.65. The van der Waals surface area contributed by atoms with Crippen molar-refractivity contribution in [1.29, 1.82) is 0 Å². The fourth-order valence-electron chi connectivity index (χ4n) is 4.03. The summed E-state index contributed by atoms with van der Waals surface area (Å²) in [6.45, 7) is 6.87. The van der Waals surface area contributed by atoms with Crippen molar-refractivity contribution in [2.45, 2.75) is 90.2 Å². The van der Waals surface area contributed by atoms with Crippen LogP contribution in [0.25, 0.3) is 0 Å². The van der Waals surface area contributed by atoms with Crippen molar-refractivity contribution in [2.24, 2.45) is 5.41 Å². The normalized spacial score (nSPS) is 22.4. The molecule has 1 aromatic carbocycles. The van der Waals surface area contributed by atoms with Crippen LogP contribution >= 0.6 is 0 Å². The van der Waals surface area contributed by atoms with E-state index in [4.69, 9.17) is 4.74 Å². The molecule has 1 aliphatic rings. The summed E-state index contributed by atoms with van der Waals surface area (Å²) in [5, 5.41) is -0.207. The van der Waals surface area contributed by atoms with Gasteiger partial charge >= 0.3 is 0 Å². The number of para-hydroxylation sites is 1. The predicted molar refractivity (Wildman–Crippen MR) is 100 cm³/mol. The van der Waals surface area contributed by atoms with Crippen molar-refractivity contribution in [3.05, 3.63) is 29.8 Å². The van der Waals surface area contributed by atoms with Crippen LogP contribution in [0.3, 0.4) is 0 Å².